The first-order valence-electron chi connectivity index (χ1n) is 7.51. The summed E-state index contributed by atoms with van der Waals surface area (Å²) < 4.78 is 11.5. The molecule has 21 heavy (non-hydrogen) atoms. The van der Waals surface area contributed by atoms with Gasteiger partial charge in [0.2, 0.25) is 5.60 Å². The second-order valence-corrected chi connectivity index (χ2v) is 5.98. The predicted molar refractivity (Wildman–Crippen MR) is 79.6 cm³/mol. The van der Waals surface area contributed by atoms with Crippen molar-refractivity contribution in [1.29, 1.82) is 0 Å². The minimum Gasteiger partial charge on any atom is -0.443 e. The van der Waals surface area contributed by atoms with Gasteiger partial charge in [0.25, 0.3) is 0 Å². The van der Waals surface area contributed by atoms with E-state index in [0.29, 0.717) is 0 Å². The molecule has 3 heteroatoms. The van der Waals surface area contributed by atoms with Crippen molar-refractivity contribution in [3.8, 4) is 11.8 Å². The fraction of sp³-hybridized carbons (Fsp3) is 0.500. The van der Waals surface area contributed by atoms with E-state index in [1.54, 1.807) is 0 Å². The Kier molecular flexibility index (Phi) is 3.51. The van der Waals surface area contributed by atoms with Crippen LogP contribution in [-0.2, 0) is 14.3 Å². The lowest BCUT2D eigenvalue weighted by molar-refractivity contribution is -0.156. The molecule has 0 N–H and O–H groups in total. The van der Waals surface area contributed by atoms with Gasteiger partial charge in [0.05, 0.1) is 6.10 Å². The summed E-state index contributed by atoms with van der Waals surface area (Å²) in [5, 5.41) is 0. The van der Waals surface area contributed by atoms with Gasteiger partial charge in [-0.2, -0.15) is 0 Å². The van der Waals surface area contributed by atoms with Gasteiger partial charge in [-0.25, -0.2) is 0 Å². The second kappa shape index (κ2) is 5.20. The summed E-state index contributed by atoms with van der Waals surface area (Å²) in [5.41, 5.74) is -0.362. The highest BCUT2D eigenvalue weighted by Crippen LogP contribution is 2.55. The molecule has 0 radical (unpaired) electrons. The maximum absolute atomic E-state index is 11.5. The number of rotatable bonds is 2. The van der Waals surface area contributed by atoms with Crippen LogP contribution in [0.5, 0.6) is 0 Å². The topological polar surface area (TPSA) is 38.8 Å². The van der Waals surface area contributed by atoms with E-state index in [9.17, 15) is 4.79 Å². The molecule has 1 aromatic rings. The third kappa shape index (κ3) is 2.56. The monoisotopic (exact) mass is 284 g/mol. The number of hydrogen-bond acceptors (Lipinski definition) is 3. The predicted octanol–water partition coefficient (Wildman–Crippen LogP) is 3.07. The first kappa shape index (κ1) is 14.2. The second-order valence-electron chi connectivity index (χ2n) is 5.98. The van der Waals surface area contributed by atoms with E-state index in [4.69, 9.17) is 9.47 Å². The molecule has 3 atom stereocenters. The van der Waals surface area contributed by atoms with E-state index in [1.807, 2.05) is 37.3 Å². The third-order valence-corrected chi connectivity index (χ3v) is 4.45. The Hall–Kier alpha value is -1.79. The fourth-order valence-electron chi connectivity index (χ4n) is 3.33. The van der Waals surface area contributed by atoms with Crippen LogP contribution in [0.25, 0.3) is 0 Å². The summed E-state index contributed by atoms with van der Waals surface area (Å²) in [6, 6.07) is 9.75. The Morgan fingerprint density at radius 1 is 1.38 bits per heavy atom. The smallest absolute Gasteiger partial charge is 0.304 e. The van der Waals surface area contributed by atoms with E-state index < -0.39 is 11.2 Å². The molecule has 1 aliphatic heterocycles. The summed E-state index contributed by atoms with van der Waals surface area (Å²) in [4.78, 5) is 11.5. The summed E-state index contributed by atoms with van der Waals surface area (Å²) in [6.07, 6.45) is 4.39. The highest BCUT2D eigenvalue weighted by molar-refractivity contribution is 5.67. The normalized spacial score (nSPS) is 29.3. The Morgan fingerprint density at radius 2 is 2.14 bits per heavy atom. The van der Waals surface area contributed by atoms with Gasteiger partial charge in [-0.3, -0.25) is 4.79 Å². The van der Waals surface area contributed by atoms with E-state index >= 15 is 0 Å². The van der Waals surface area contributed by atoms with E-state index in [0.717, 1.165) is 24.8 Å². The van der Waals surface area contributed by atoms with Gasteiger partial charge in [0.15, 0.2) is 0 Å². The van der Waals surface area contributed by atoms with E-state index in [-0.39, 0.29) is 12.1 Å². The zero-order valence-electron chi connectivity index (χ0n) is 12.5. The first-order chi connectivity index (χ1) is 10.1. The zero-order valence-corrected chi connectivity index (χ0v) is 12.5. The van der Waals surface area contributed by atoms with Crippen molar-refractivity contribution in [1.82, 2.24) is 0 Å². The lowest BCUT2D eigenvalue weighted by Gasteiger charge is -2.32. The molecule has 0 spiro atoms. The van der Waals surface area contributed by atoms with Crippen LogP contribution in [0.15, 0.2) is 30.3 Å². The Labute approximate surface area is 125 Å². The number of hydrogen-bond donors (Lipinski definition) is 0. The first-order valence-corrected chi connectivity index (χ1v) is 7.51. The van der Waals surface area contributed by atoms with Crippen LogP contribution in [0.4, 0.5) is 0 Å². The molecule has 2 aliphatic rings. The Bertz CT molecular complexity index is 598. The fourth-order valence-corrected chi connectivity index (χ4v) is 3.33. The maximum atomic E-state index is 11.5. The number of epoxide rings is 1. The Morgan fingerprint density at radius 3 is 2.81 bits per heavy atom. The molecule has 1 saturated carbocycles. The third-order valence-electron chi connectivity index (χ3n) is 4.45. The van der Waals surface area contributed by atoms with Crippen LogP contribution >= 0.6 is 0 Å². The van der Waals surface area contributed by atoms with Crippen LogP contribution in [-0.4, -0.2) is 23.3 Å². The van der Waals surface area contributed by atoms with Crippen LogP contribution in [0, 0.1) is 11.8 Å². The average Bonchev–Trinajstić information content (AvgIpc) is 3.22. The lowest BCUT2D eigenvalue weighted by atomic mass is 9.77. The molecule has 0 aromatic heterocycles. The van der Waals surface area contributed by atoms with E-state index in [2.05, 4.69) is 11.8 Å². The molecular weight excluding hydrogens is 264 g/mol. The molecular formula is C18H20O3. The number of fused-ring (bicyclic) bond motifs is 1. The van der Waals surface area contributed by atoms with E-state index in [1.165, 1.54) is 13.3 Å². The average molecular weight is 284 g/mol. The molecule has 3 nitrogen and oxygen atoms in total. The van der Waals surface area contributed by atoms with Gasteiger partial charge >= 0.3 is 5.97 Å². The summed E-state index contributed by atoms with van der Waals surface area (Å²) in [5.74, 6) is 6.00. The van der Waals surface area contributed by atoms with Crippen molar-refractivity contribution in [3.63, 3.8) is 0 Å². The van der Waals surface area contributed by atoms with Crippen LogP contribution in [0.1, 0.15) is 45.1 Å². The number of carbonyl (C=O) groups excluding carboxylic acids is 1. The van der Waals surface area contributed by atoms with Gasteiger partial charge < -0.3 is 9.47 Å². The van der Waals surface area contributed by atoms with Crippen molar-refractivity contribution in [3.05, 3.63) is 35.9 Å². The van der Waals surface area contributed by atoms with Crippen molar-refractivity contribution in [2.24, 2.45) is 0 Å². The van der Waals surface area contributed by atoms with Crippen molar-refractivity contribution < 1.29 is 14.3 Å². The van der Waals surface area contributed by atoms with Gasteiger partial charge in [-0.1, -0.05) is 37.0 Å². The summed E-state index contributed by atoms with van der Waals surface area (Å²) in [7, 11) is 0. The number of benzene rings is 1. The zero-order chi connectivity index (χ0) is 14.9. The number of carbonyl (C=O) groups is 1. The summed E-state index contributed by atoms with van der Waals surface area (Å²) >= 11 is 0. The van der Waals surface area contributed by atoms with Crippen molar-refractivity contribution in [2.45, 2.75) is 56.8 Å². The molecule has 3 rings (SSSR count). The van der Waals surface area contributed by atoms with Gasteiger partial charge in [-0.15, -0.1) is 0 Å². The number of esters is 1. The minimum absolute atomic E-state index is 0.181. The molecule has 2 fully saturated rings. The van der Waals surface area contributed by atoms with Gasteiger partial charge in [0, 0.05) is 12.5 Å². The van der Waals surface area contributed by atoms with Crippen molar-refractivity contribution in [2.75, 3.05) is 0 Å². The van der Waals surface area contributed by atoms with Crippen LogP contribution in [0.2, 0.25) is 0 Å². The minimum atomic E-state index is -0.875. The number of ether oxygens (including phenoxy) is 2. The van der Waals surface area contributed by atoms with Crippen LogP contribution in [0.3, 0.4) is 0 Å². The van der Waals surface area contributed by atoms with Gasteiger partial charge in [0.1, 0.15) is 5.60 Å². The summed E-state index contributed by atoms with van der Waals surface area (Å²) in [6.45, 7) is 3.31. The van der Waals surface area contributed by atoms with Crippen molar-refractivity contribution >= 4 is 5.97 Å². The SMILES string of the molecule is CC(=O)O[C@@](C)(C#Cc1ccccc1)[C@@]12CCCC[C@@H]1O2. The lowest BCUT2D eigenvalue weighted by Crippen LogP contribution is -2.47. The highest BCUT2D eigenvalue weighted by atomic mass is 16.7. The standard InChI is InChI=1S/C18H20O3/c1-14(19)20-17(2,13-11-15-8-4-3-5-9-15)18-12-7-6-10-16(18)21-18/h3-5,8-9,16H,6-7,10,12H2,1-2H3/t16-,17-,18+/m0/s1. The Balaban J connectivity index is 1.91. The molecule has 1 aromatic carbocycles. The molecule has 0 unspecified atom stereocenters. The molecule has 1 aliphatic carbocycles. The molecule has 1 saturated heterocycles. The maximum Gasteiger partial charge on any atom is 0.304 e. The van der Waals surface area contributed by atoms with Crippen LogP contribution < -0.4 is 0 Å². The quantitative estimate of drug-likeness (QED) is 0.476. The molecule has 110 valence electrons. The van der Waals surface area contributed by atoms with Gasteiger partial charge in [-0.05, 0) is 37.8 Å². The molecule has 0 bridgehead atoms. The largest absolute Gasteiger partial charge is 0.443 e. The molecule has 0 amide bonds. The highest BCUT2D eigenvalue weighted by Gasteiger charge is 2.69. The molecule has 1 heterocycles.